The van der Waals surface area contributed by atoms with Crippen LogP contribution in [-0.2, 0) is 11.3 Å². The van der Waals surface area contributed by atoms with E-state index in [4.69, 9.17) is 9.72 Å². The lowest BCUT2D eigenvalue weighted by atomic mass is 10.1. The van der Waals surface area contributed by atoms with E-state index in [-0.39, 0.29) is 6.10 Å². The van der Waals surface area contributed by atoms with E-state index in [0.29, 0.717) is 5.92 Å². The molecular weight excluding hydrogens is 250 g/mol. The van der Waals surface area contributed by atoms with Gasteiger partial charge in [-0.1, -0.05) is 13.8 Å². The molecule has 1 unspecified atom stereocenters. The zero-order valence-corrected chi connectivity index (χ0v) is 13.1. The van der Waals surface area contributed by atoms with E-state index in [1.54, 1.807) is 0 Å². The van der Waals surface area contributed by atoms with Gasteiger partial charge in [0.25, 0.3) is 0 Å². The first-order chi connectivity index (χ1) is 9.60. The van der Waals surface area contributed by atoms with Gasteiger partial charge in [0, 0.05) is 31.9 Å². The van der Waals surface area contributed by atoms with Gasteiger partial charge in [-0.15, -0.1) is 0 Å². The first-order valence-corrected chi connectivity index (χ1v) is 7.62. The molecule has 1 aliphatic heterocycles. The van der Waals surface area contributed by atoms with Crippen LogP contribution in [0.1, 0.15) is 44.4 Å². The van der Waals surface area contributed by atoms with Crippen molar-refractivity contribution in [2.24, 2.45) is 0 Å². The largest absolute Gasteiger partial charge is 0.377 e. The Morgan fingerprint density at radius 1 is 1.45 bits per heavy atom. The lowest BCUT2D eigenvalue weighted by molar-refractivity contribution is 0.0820. The standard InChI is InChI=1S/C16H27N3O/c1-12(2)15-8-14(10-17-4)9-16(18-15)19-6-5-7-20-13(3)11-19/h8-9,12-13,17H,5-7,10-11H2,1-4H3. The summed E-state index contributed by atoms with van der Waals surface area (Å²) < 4.78 is 5.73. The Hall–Kier alpha value is -1.13. The number of rotatable bonds is 4. The minimum atomic E-state index is 0.273. The third-order valence-electron chi connectivity index (χ3n) is 3.64. The van der Waals surface area contributed by atoms with Crippen molar-refractivity contribution < 1.29 is 4.74 Å². The highest BCUT2D eigenvalue weighted by atomic mass is 16.5. The third-order valence-corrected chi connectivity index (χ3v) is 3.64. The molecule has 0 spiro atoms. The van der Waals surface area contributed by atoms with Gasteiger partial charge in [-0.05, 0) is 44.0 Å². The fourth-order valence-corrected chi connectivity index (χ4v) is 2.56. The van der Waals surface area contributed by atoms with Gasteiger partial charge in [-0.2, -0.15) is 0 Å². The maximum Gasteiger partial charge on any atom is 0.129 e. The molecule has 1 fully saturated rings. The summed E-state index contributed by atoms with van der Waals surface area (Å²) in [6.07, 6.45) is 1.34. The zero-order chi connectivity index (χ0) is 14.5. The summed E-state index contributed by atoms with van der Waals surface area (Å²) in [6.45, 7) is 10.2. The number of hydrogen-bond acceptors (Lipinski definition) is 4. The van der Waals surface area contributed by atoms with E-state index in [2.05, 4.69) is 43.1 Å². The van der Waals surface area contributed by atoms with Crippen LogP contribution in [0.15, 0.2) is 12.1 Å². The molecule has 1 aliphatic rings. The predicted octanol–water partition coefficient (Wildman–Crippen LogP) is 2.54. The SMILES string of the molecule is CNCc1cc(C(C)C)nc(N2CCCOC(C)C2)c1. The number of aromatic nitrogens is 1. The van der Waals surface area contributed by atoms with Crippen LogP contribution in [0.25, 0.3) is 0 Å². The van der Waals surface area contributed by atoms with Crippen LogP contribution < -0.4 is 10.2 Å². The Morgan fingerprint density at radius 3 is 2.95 bits per heavy atom. The lowest BCUT2D eigenvalue weighted by Crippen LogP contribution is -2.31. The highest BCUT2D eigenvalue weighted by Gasteiger charge is 2.18. The number of anilines is 1. The Balaban J connectivity index is 2.28. The fourth-order valence-electron chi connectivity index (χ4n) is 2.56. The molecule has 2 heterocycles. The second-order valence-electron chi connectivity index (χ2n) is 5.92. The molecule has 4 heteroatoms. The van der Waals surface area contributed by atoms with Crippen molar-refractivity contribution in [2.45, 2.75) is 45.8 Å². The molecule has 0 bridgehead atoms. The smallest absolute Gasteiger partial charge is 0.129 e. The van der Waals surface area contributed by atoms with Crippen molar-refractivity contribution in [2.75, 3.05) is 31.6 Å². The molecule has 0 amide bonds. The molecule has 4 nitrogen and oxygen atoms in total. The van der Waals surface area contributed by atoms with Crippen molar-refractivity contribution in [3.63, 3.8) is 0 Å². The Bertz CT molecular complexity index is 434. The Morgan fingerprint density at radius 2 is 2.25 bits per heavy atom. The van der Waals surface area contributed by atoms with Crippen LogP contribution in [0.2, 0.25) is 0 Å². The molecule has 1 saturated heterocycles. The molecule has 2 rings (SSSR count). The van der Waals surface area contributed by atoms with Crippen molar-refractivity contribution in [3.05, 3.63) is 23.4 Å². The van der Waals surface area contributed by atoms with Crippen LogP contribution in [0.3, 0.4) is 0 Å². The quantitative estimate of drug-likeness (QED) is 0.918. The molecule has 0 saturated carbocycles. The molecule has 1 N–H and O–H groups in total. The van der Waals surface area contributed by atoms with Crippen molar-refractivity contribution in [1.82, 2.24) is 10.3 Å². The number of pyridine rings is 1. The van der Waals surface area contributed by atoms with Gasteiger partial charge < -0.3 is 15.0 Å². The summed E-state index contributed by atoms with van der Waals surface area (Å²) >= 11 is 0. The molecular formula is C16H27N3O. The van der Waals surface area contributed by atoms with E-state index in [1.165, 1.54) is 11.3 Å². The third kappa shape index (κ3) is 3.93. The van der Waals surface area contributed by atoms with Gasteiger partial charge in [-0.3, -0.25) is 0 Å². The molecule has 0 radical (unpaired) electrons. The second kappa shape index (κ2) is 7.04. The number of nitrogens with zero attached hydrogens (tertiary/aromatic N) is 2. The van der Waals surface area contributed by atoms with Crippen LogP contribution in [-0.4, -0.2) is 37.8 Å². The number of nitrogens with one attached hydrogen (secondary N) is 1. The van der Waals surface area contributed by atoms with E-state index in [0.717, 1.165) is 38.5 Å². The summed E-state index contributed by atoms with van der Waals surface area (Å²) in [6, 6.07) is 4.42. The van der Waals surface area contributed by atoms with Crippen molar-refractivity contribution in [1.29, 1.82) is 0 Å². The summed E-state index contributed by atoms with van der Waals surface area (Å²) in [5.41, 5.74) is 2.48. The summed E-state index contributed by atoms with van der Waals surface area (Å²) in [5, 5.41) is 3.23. The first-order valence-electron chi connectivity index (χ1n) is 7.62. The van der Waals surface area contributed by atoms with Gasteiger partial charge >= 0.3 is 0 Å². The van der Waals surface area contributed by atoms with Crippen LogP contribution in [0, 0.1) is 0 Å². The van der Waals surface area contributed by atoms with Crippen molar-refractivity contribution in [3.8, 4) is 0 Å². The maximum atomic E-state index is 5.73. The van der Waals surface area contributed by atoms with E-state index < -0.39 is 0 Å². The Kier molecular flexibility index (Phi) is 5.38. The maximum absolute atomic E-state index is 5.73. The van der Waals surface area contributed by atoms with Gasteiger partial charge in [0.15, 0.2) is 0 Å². The molecule has 1 atom stereocenters. The van der Waals surface area contributed by atoms with Crippen molar-refractivity contribution >= 4 is 5.82 Å². The van der Waals surface area contributed by atoms with Gasteiger partial charge in [0.2, 0.25) is 0 Å². The minimum absolute atomic E-state index is 0.273. The monoisotopic (exact) mass is 277 g/mol. The zero-order valence-electron chi connectivity index (χ0n) is 13.1. The highest BCUT2D eigenvalue weighted by molar-refractivity contribution is 5.43. The van der Waals surface area contributed by atoms with Gasteiger partial charge in [-0.25, -0.2) is 4.98 Å². The molecule has 0 aliphatic carbocycles. The van der Waals surface area contributed by atoms with Crippen LogP contribution >= 0.6 is 0 Å². The van der Waals surface area contributed by atoms with Gasteiger partial charge in [0.1, 0.15) is 5.82 Å². The normalized spacial score (nSPS) is 20.2. The molecule has 1 aromatic rings. The number of ether oxygens (including phenoxy) is 1. The molecule has 20 heavy (non-hydrogen) atoms. The summed E-state index contributed by atoms with van der Waals surface area (Å²) in [5.74, 6) is 1.55. The summed E-state index contributed by atoms with van der Waals surface area (Å²) in [7, 11) is 1.98. The summed E-state index contributed by atoms with van der Waals surface area (Å²) in [4.78, 5) is 7.22. The second-order valence-corrected chi connectivity index (χ2v) is 5.92. The average Bonchev–Trinajstić information content (AvgIpc) is 2.63. The predicted molar refractivity (Wildman–Crippen MR) is 83.3 cm³/mol. The fraction of sp³-hybridized carbons (Fsp3) is 0.688. The van der Waals surface area contributed by atoms with E-state index in [1.807, 2.05) is 7.05 Å². The molecule has 1 aromatic heterocycles. The van der Waals surface area contributed by atoms with Crippen LogP contribution in [0.5, 0.6) is 0 Å². The minimum Gasteiger partial charge on any atom is -0.377 e. The number of hydrogen-bond donors (Lipinski definition) is 1. The molecule has 112 valence electrons. The average molecular weight is 277 g/mol. The highest BCUT2D eigenvalue weighted by Crippen LogP contribution is 2.22. The Labute approximate surface area is 122 Å². The first kappa shape index (κ1) is 15.3. The van der Waals surface area contributed by atoms with E-state index in [9.17, 15) is 0 Å². The topological polar surface area (TPSA) is 37.4 Å². The molecule has 0 aromatic carbocycles. The van der Waals surface area contributed by atoms with Gasteiger partial charge in [0.05, 0.1) is 6.10 Å². The van der Waals surface area contributed by atoms with Crippen LogP contribution in [0.4, 0.5) is 5.82 Å². The van der Waals surface area contributed by atoms with E-state index >= 15 is 0 Å². The lowest BCUT2D eigenvalue weighted by Gasteiger charge is -2.25.